The molecule has 0 spiro atoms. The Kier molecular flexibility index (Phi) is 4.68. The molecule has 4 atom stereocenters. The van der Waals surface area contributed by atoms with Crippen molar-refractivity contribution in [2.45, 2.75) is 57.2 Å². The Morgan fingerprint density at radius 2 is 2.05 bits per heavy atom. The lowest BCUT2D eigenvalue weighted by Crippen LogP contribution is -2.52. The maximum Gasteiger partial charge on any atom is 0.320 e. The van der Waals surface area contributed by atoms with E-state index < -0.39 is 12.0 Å². The van der Waals surface area contributed by atoms with Crippen LogP contribution in [0.2, 0.25) is 0 Å². The molecular weight excluding hydrogens is 284 g/mol. The molecule has 2 heterocycles. The summed E-state index contributed by atoms with van der Waals surface area (Å²) in [4.78, 5) is 27.9. The van der Waals surface area contributed by atoms with Crippen LogP contribution in [0.25, 0.3) is 0 Å². The molecule has 0 bridgehead atoms. The second-order valence-electron chi connectivity index (χ2n) is 6.90. The number of carbonyl (C=O) groups is 2. The van der Waals surface area contributed by atoms with Crippen LogP contribution in [-0.2, 0) is 14.3 Å². The minimum atomic E-state index is -0.780. The molecule has 2 saturated heterocycles. The average Bonchev–Trinajstić information content (AvgIpc) is 2.86. The summed E-state index contributed by atoms with van der Waals surface area (Å²) in [6.45, 7) is 4.00. The number of ether oxygens (including phenoxy) is 1. The zero-order valence-corrected chi connectivity index (χ0v) is 13.2. The van der Waals surface area contributed by atoms with Crippen molar-refractivity contribution >= 4 is 11.9 Å². The third kappa shape index (κ3) is 3.13. The van der Waals surface area contributed by atoms with E-state index in [1.54, 1.807) is 0 Å². The van der Waals surface area contributed by atoms with E-state index in [1.165, 1.54) is 6.42 Å². The smallest absolute Gasteiger partial charge is 0.320 e. The first kappa shape index (κ1) is 15.7. The number of likely N-dealkylation sites (tertiary alicyclic amines) is 1. The van der Waals surface area contributed by atoms with Gasteiger partial charge >= 0.3 is 5.97 Å². The van der Waals surface area contributed by atoms with Gasteiger partial charge in [0.1, 0.15) is 6.04 Å². The first-order valence-electron chi connectivity index (χ1n) is 8.44. The van der Waals surface area contributed by atoms with Crippen LogP contribution in [0, 0.1) is 5.92 Å². The highest BCUT2D eigenvalue weighted by molar-refractivity contribution is 5.80. The van der Waals surface area contributed by atoms with Crippen LogP contribution < -0.4 is 0 Å². The average molecular weight is 310 g/mol. The number of amides is 1. The zero-order valence-electron chi connectivity index (χ0n) is 13.2. The van der Waals surface area contributed by atoms with Gasteiger partial charge in [-0.3, -0.25) is 14.5 Å². The lowest BCUT2D eigenvalue weighted by Gasteiger charge is -2.36. The first-order valence-corrected chi connectivity index (χ1v) is 8.44. The monoisotopic (exact) mass is 310 g/mol. The molecule has 0 radical (unpaired) electrons. The number of aliphatic carboxylic acids is 1. The highest BCUT2D eigenvalue weighted by Crippen LogP contribution is 2.39. The van der Waals surface area contributed by atoms with Crippen LogP contribution in [0.3, 0.4) is 0 Å². The molecule has 1 amide bonds. The predicted octanol–water partition coefficient (Wildman–Crippen LogP) is 0.951. The third-order valence-corrected chi connectivity index (χ3v) is 5.42. The van der Waals surface area contributed by atoms with Gasteiger partial charge in [-0.05, 0) is 32.1 Å². The fraction of sp³-hybridized carbons (Fsp3) is 0.875. The van der Waals surface area contributed by atoms with Crippen LogP contribution >= 0.6 is 0 Å². The van der Waals surface area contributed by atoms with Gasteiger partial charge in [0.25, 0.3) is 0 Å². The van der Waals surface area contributed by atoms with E-state index >= 15 is 0 Å². The lowest BCUT2D eigenvalue weighted by atomic mass is 9.85. The Labute approximate surface area is 131 Å². The summed E-state index contributed by atoms with van der Waals surface area (Å²) in [5.41, 5.74) is 0. The Balaban J connectivity index is 1.67. The molecule has 3 rings (SSSR count). The molecule has 1 saturated carbocycles. The Hall–Kier alpha value is -1.14. The number of hydrogen-bond acceptors (Lipinski definition) is 4. The molecular formula is C16H26N2O4. The summed E-state index contributed by atoms with van der Waals surface area (Å²) in [5.74, 6) is -0.281. The molecule has 4 unspecified atom stereocenters. The van der Waals surface area contributed by atoms with Gasteiger partial charge in [0, 0.05) is 19.1 Å². The number of rotatable bonds is 3. The normalized spacial score (nSPS) is 36.1. The Morgan fingerprint density at radius 1 is 1.27 bits per heavy atom. The van der Waals surface area contributed by atoms with Crippen LogP contribution in [-0.4, -0.2) is 71.2 Å². The summed E-state index contributed by atoms with van der Waals surface area (Å²) in [6.07, 6.45) is 5.24. The molecule has 3 fully saturated rings. The Morgan fingerprint density at radius 3 is 2.77 bits per heavy atom. The highest BCUT2D eigenvalue weighted by Gasteiger charge is 2.46. The SMILES string of the molecule is CC1CN(C(=O)CN2C(C(=O)O)CC3CCCCC32)CCO1. The van der Waals surface area contributed by atoms with Crippen molar-refractivity contribution in [1.29, 1.82) is 0 Å². The molecule has 3 aliphatic rings. The quantitative estimate of drug-likeness (QED) is 0.840. The van der Waals surface area contributed by atoms with Crippen molar-refractivity contribution in [3.63, 3.8) is 0 Å². The number of carboxylic acid groups (broad SMARTS) is 1. The van der Waals surface area contributed by atoms with Crippen LogP contribution in [0.5, 0.6) is 0 Å². The van der Waals surface area contributed by atoms with Crippen LogP contribution in [0.1, 0.15) is 39.0 Å². The Bertz CT molecular complexity index is 442. The zero-order chi connectivity index (χ0) is 15.7. The van der Waals surface area contributed by atoms with Gasteiger partial charge in [0.15, 0.2) is 0 Å². The van der Waals surface area contributed by atoms with E-state index in [2.05, 4.69) is 0 Å². The third-order valence-electron chi connectivity index (χ3n) is 5.42. The van der Waals surface area contributed by atoms with Crippen molar-refractivity contribution in [2.75, 3.05) is 26.2 Å². The van der Waals surface area contributed by atoms with E-state index in [1.807, 2.05) is 16.7 Å². The molecule has 0 aromatic rings. The van der Waals surface area contributed by atoms with Gasteiger partial charge in [-0.1, -0.05) is 12.8 Å². The van der Waals surface area contributed by atoms with Crippen molar-refractivity contribution in [3.8, 4) is 0 Å². The van der Waals surface area contributed by atoms with E-state index in [9.17, 15) is 14.7 Å². The maximum atomic E-state index is 12.6. The molecule has 1 aliphatic carbocycles. The van der Waals surface area contributed by atoms with E-state index in [0.717, 1.165) is 19.3 Å². The molecule has 0 aromatic carbocycles. The summed E-state index contributed by atoms with van der Waals surface area (Å²) >= 11 is 0. The summed E-state index contributed by atoms with van der Waals surface area (Å²) in [5, 5.41) is 9.51. The summed E-state index contributed by atoms with van der Waals surface area (Å²) in [7, 11) is 0. The highest BCUT2D eigenvalue weighted by atomic mass is 16.5. The molecule has 6 nitrogen and oxygen atoms in total. The van der Waals surface area contributed by atoms with Gasteiger partial charge in [-0.15, -0.1) is 0 Å². The van der Waals surface area contributed by atoms with E-state index in [0.29, 0.717) is 32.0 Å². The van der Waals surface area contributed by atoms with Gasteiger partial charge in [0.2, 0.25) is 5.91 Å². The van der Waals surface area contributed by atoms with Gasteiger partial charge in [-0.25, -0.2) is 0 Å². The maximum absolute atomic E-state index is 12.6. The van der Waals surface area contributed by atoms with Crippen molar-refractivity contribution in [1.82, 2.24) is 9.80 Å². The van der Waals surface area contributed by atoms with E-state index in [4.69, 9.17) is 4.74 Å². The lowest BCUT2D eigenvalue weighted by molar-refractivity contribution is -0.146. The fourth-order valence-corrected chi connectivity index (χ4v) is 4.32. The number of carboxylic acids is 1. The standard InChI is InChI=1S/C16H26N2O4/c1-11-9-17(6-7-22-11)15(19)10-18-13-5-3-2-4-12(13)8-14(18)16(20)21/h11-14H,2-10H2,1H3,(H,20,21). The number of fused-ring (bicyclic) bond motifs is 1. The summed E-state index contributed by atoms with van der Waals surface area (Å²) in [6, 6.07) is -0.215. The topological polar surface area (TPSA) is 70.1 Å². The molecule has 2 aliphatic heterocycles. The van der Waals surface area contributed by atoms with Gasteiger partial charge in [-0.2, -0.15) is 0 Å². The van der Waals surface area contributed by atoms with Crippen LogP contribution in [0.4, 0.5) is 0 Å². The molecule has 0 aromatic heterocycles. The minimum absolute atomic E-state index is 0.0487. The van der Waals surface area contributed by atoms with Gasteiger partial charge in [0.05, 0.1) is 19.3 Å². The van der Waals surface area contributed by atoms with Crippen molar-refractivity contribution in [2.24, 2.45) is 5.92 Å². The minimum Gasteiger partial charge on any atom is -0.480 e. The number of nitrogens with zero attached hydrogens (tertiary/aromatic N) is 2. The molecule has 1 N–H and O–H groups in total. The largest absolute Gasteiger partial charge is 0.480 e. The second-order valence-corrected chi connectivity index (χ2v) is 6.90. The van der Waals surface area contributed by atoms with Crippen LogP contribution in [0.15, 0.2) is 0 Å². The molecule has 124 valence electrons. The number of morpholine rings is 1. The predicted molar refractivity (Wildman–Crippen MR) is 80.5 cm³/mol. The molecule has 6 heteroatoms. The van der Waals surface area contributed by atoms with E-state index in [-0.39, 0.29) is 24.6 Å². The first-order chi connectivity index (χ1) is 10.6. The fourth-order valence-electron chi connectivity index (χ4n) is 4.32. The number of hydrogen-bond donors (Lipinski definition) is 1. The second kappa shape index (κ2) is 6.54. The summed E-state index contributed by atoms with van der Waals surface area (Å²) < 4.78 is 5.47. The van der Waals surface area contributed by atoms with Gasteiger partial charge < -0.3 is 14.7 Å². The number of carbonyl (C=O) groups excluding carboxylic acids is 1. The molecule has 22 heavy (non-hydrogen) atoms. The van der Waals surface area contributed by atoms with Crippen molar-refractivity contribution < 1.29 is 19.4 Å². The van der Waals surface area contributed by atoms with Crippen molar-refractivity contribution in [3.05, 3.63) is 0 Å².